The third-order valence-corrected chi connectivity index (χ3v) is 1.73. The summed E-state index contributed by atoms with van der Waals surface area (Å²) in [4.78, 5) is 29.3. The summed E-state index contributed by atoms with van der Waals surface area (Å²) < 4.78 is 0. The van der Waals surface area contributed by atoms with E-state index in [9.17, 15) is 9.59 Å². The van der Waals surface area contributed by atoms with Crippen LogP contribution >= 0.6 is 0 Å². The molecular weight excluding hydrogens is 212 g/mol. The molecule has 0 atom stereocenters. The number of carbonyl (C=O) groups excluding carboxylic acids is 1. The molecule has 0 saturated heterocycles. The summed E-state index contributed by atoms with van der Waals surface area (Å²) in [5.74, 6) is -0.982. The molecule has 3 N–H and O–H groups in total. The van der Waals surface area contributed by atoms with E-state index in [1.807, 2.05) is 0 Å². The Balaban J connectivity index is 2.37. The number of amides is 1. The molecule has 0 aliphatic carbocycles. The van der Waals surface area contributed by atoms with E-state index in [2.05, 4.69) is 20.6 Å². The van der Waals surface area contributed by atoms with Gasteiger partial charge in [0.05, 0.1) is 12.2 Å². The highest BCUT2D eigenvalue weighted by molar-refractivity contribution is 5.84. The van der Waals surface area contributed by atoms with Crippen molar-refractivity contribution < 1.29 is 14.7 Å². The second kappa shape index (κ2) is 5.64. The van der Waals surface area contributed by atoms with Gasteiger partial charge < -0.3 is 15.7 Å². The van der Waals surface area contributed by atoms with Crippen molar-refractivity contribution in [2.24, 2.45) is 0 Å². The van der Waals surface area contributed by atoms with Gasteiger partial charge in [-0.05, 0) is 6.92 Å². The van der Waals surface area contributed by atoms with Gasteiger partial charge in [-0.1, -0.05) is 0 Å². The number of carbonyl (C=O) groups is 2. The quantitative estimate of drug-likeness (QED) is 0.616. The Bertz CT molecular complexity index is 394. The summed E-state index contributed by atoms with van der Waals surface area (Å²) in [6, 6.07) is 0. The summed E-state index contributed by atoms with van der Waals surface area (Å²) in [6.45, 7) is 1.33. The van der Waals surface area contributed by atoms with Gasteiger partial charge in [0.2, 0.25) is 5.91 Å². The predicted molar refractivity (Wildman–Crippen MR) is 55.9 cm³/mol. The van der Waals surface area contributed by atoms with Crippen LogP contribution in [0.4, 0.5) is 5.82 Å². The van der Waals surface area contributed by atoms with Crippen LogP contribution in [0.2, 0.25) is 0 Å². The molecule has 1 heterocycles. The average Bonchev–Trinajstić information content (AvgIpc) is 2.25. The number of nitrogens with zero attached hydrogens (tertiary/aromatic N) is 2. The molecule has 86 valence electrons. The van der Waals surface area contributed by atoms with E-state index in [1.54, 1.807) is 13.1 Å². The fraction of sp³-hybridized carbons (Fsp3) is 0.333. The SMILES string of the molecule is Cc1nccnc1NCC(=O)NCC(=O)O. The molecule has 0 radical (unpaired) electrons. The van der Waals surface area contributed by atoms with Crippen molar-refractivity contribution in [2.45, 2.75) is 6.92 Å². The third kappa shape index (κ3) is 3.91. The highest BCUT2D eigenvalue weighted by Gasteiger charge is 2.05. The topological polar surface area (TPSA) is 104 Å². The Morgan fingerprint density at radius 3 is 2.62 bits per heavy atom. The first-order chi connectivity index (χ1) is 7.59. The lowest BCUT2D eigenvalue weighted by Gasteiger charge is -2.06. The number of rotatable bonds is 5. The summed E-state index contributed by atoms with van der Waals surface area (Å²) >= 11 is 0. The Hall–Kier alpha value is -2.18. The van der Waals surface area contributed by atoms with Crippen molar-refractivity contribution in [3.63, 3.8) is 0 Å². The van der Waals surface area contributed by atoms with E-state index in [4.69, 9.17) is 5.11 Å². The monoisotopic (exact) mass is 224 g/mol. The zero-order valence-electron chi connectivity index (χ0n) is 8.73. The van der Waals surface area contributed by atoms with Crippen molar-refractivity contribution in [2.75, 3.05) is 18.4 Å². The van der Waals surface area contributed by atoms with Gasteiger partial charge in [-0.15, -0.1) is 0 Å². The lowest BCUT2D eigenvalue weighted by atomic mass is 10.4. The maximum absolute atomic E-state index is 11.1. The lowest BCUT2D eigenvalue weighted by Crippen LogP contribution is -2.34. The van der Waals surface area contributed by atoms with Gasteiger partial charge in [0.25, 0.3) is 0 Å². The molecular formula is C9H12N4O3. The summed E-state index contributed by atoms with van der Waals surface area (Å²) in [6.07, 6.45) is 3.05. The number of anilines is 1. The van der Waals surface area contributed by atoms with Crippen molar-refractivity contribution in [1.82, 2.24) is 15.3 Å². The number of carboxylic acid groups (broad SMARTS) is 1. The Labute approximate surface area is 91.9 Å². The van der Waals surface area contributed by atoms with Gasteiger partial charge in [0.1, 0.15) is 12.4 Å². The zero-order chi connectivity index (χ0) is 12.0. The minimum Gasteiger partial charge on any atom is -0.480 e. The molecule has 7 heteroatoms. The fourth-order valence-electron chi connectivity index (χ4n) is 0.982. The molecule has 1 aromatic heterocycles. The number of aliphatic carboxylic acids is 1. The molecule has 1 rings (SSSR count). The first kappa shape index (κ1) is 11.9. The smallest absolute Gasteiger partial charge is 0.322 e. The van der Waals surface area contributed by atoms with E-state index < -0.39 is 11.9 Å². The van der Waals surface area contributed by atoms with Crippen LogP contribution in [0.15, 0.2) is 12.4 Å². The van der Waals surface area contributed by atoms with Gasteiger partial charge in [-0.3, -0.25) is 14.6 Å². The fourth-order valence-corrected chi connectivity index (χ4v) is 0.982. The number of aromatic nitrogens is 2. The van der Waals surface area contributed by atoms with Crippen LogP contribution in [0.25, 0.3) is 0 Å². The van der Waals surface area contributed by atoms with E-state index in [0.717, 1.165) is 0 Å². The molecule has 0 aliphatic rings. The van der Waals surface area contributed by atoms with E-state index in [0.29, 0.717) is 11.5 Å². The number of hydrogen-bond donors (Lipinski definition) is 3. The van der Waals surface area contributed by atoms with Gasteiger partial charge in [0, 0.05) is 12.4 Å². The van der Waals surface area contributed by atoms with Crippen molar-refractivity contribution >= 4 is 17.7 Å². The first-order valence-corrected chi connectivity index (χ1v) is 4.59. The highest BCUT2D eigenvalue weighted by Crippen LogP contribution is 2.04. The van der Waals surface area contributed by atoms with Gasteiger partial charge in [0.15, 0.2) is 0 Å². The maximum Gasteiger partial charge on any atom is 0.322 e. The molecule has 0 fully saturated rings. The van der Waals surface area contributed by atoms with E-state index >= 15 is 0 Å². The predicted octanol–water partition coefficient (Wildman–Crippen LogP) is -0.602. The van der Waals surface area contributed by atoms with Crippen molar-refractivity contribution in [3.05, 3.63) is 18.1 Å². The minimum atomic E-state index is -1.08. The van der Waals surface area contributed by atoms with Gasteiger partial charge in [-0.2, -0.15) is 0 Å². The molecule has 0 aliphatic heterocycles. The Kier molecular flexibility index (Phi) is 4.19. The van der Waals surface area contributed by atoms with Crippen LogP contribution in [0, 0.1) is 6.92 Å². The first-order valence-electron chi connectivity index (χ1n) is 4.59. The molecule has 1 amide bonds. The van der Waals surface area contributed by atoms with Crippen LogP contribution in [-0.4, -0.2) is 40.0 Å². The maximum atomic E-state index is 11.1. The average molecular weight is 224 g/mol. The number of hydrogen-bond acceptors (Lipinski definition) is 5. The van der Waals surface area contributed by atoms with Crippen molar-refractivity contribution in [1.29, 1.82) is 0 Å². The Morgan fingerprint density at radius 2 is 2.00 bits per heavy atom. The van der Waals surface area contributed by atoms with Crippen LogP contribution in [-0.2, 0) is 9.59 Å². The highest BCUT2D eigenvalue weighted by atomic mass is 16.4. The van der Waals surface area contributed by atoms with E-state index in [1.165, 1.54) is 6.20 Å². The number of nitrogens with one attached hydrogen (secondary N) is 2. The molecule has 0 bridgehead atoms. The number of carboxylic acids is 1. The molecule has 0 saturated carbocycles. The molecule has 16 heavy (non-hydrogen) atoms. The summed E-state index contributed by atoms with van der Waals surface area (Å²) in [5, 5.41) is 13.3. The molecule has 0 aromatic carbocycles. The second-order valence-corrected chi connectivity index (χ2v) is 3.01. The largest absolute Gasteiger partial charge is 0.480 e. The van der Waals surface area contributed by atoms with Crippen molar-refractivity contribution in [3.8, 4) is 0 Å². The lowest BCUT2D eigenvalue weighted by molar-refractivity contribution is -0.137. The van der Waals surface area contributed by atoms with E-state index in [-0.39, 0.29) is 13.1 Å². The summed E-state index contributed by atoms with van der Waals surface area (Å²) in [5.41, 5.74) is 0.675. The summed E-state index contributed by atoms with van der Waals surface area (Å²) in [7, 11) is 0. The van der Waals surface area contributed by atoms with Crippen LogP contribution in [0.1, 0.15) is 5.69 Å². The second-order valence-electron chi connectivity index (χ2n) is 3.01. The standard InChI is InChI=1S/C9H12N4O3/c1-6-9(11-3-2-10-6)13-4-7(14)12-5-8(15)16/h2-3H,4-5H2,1H3,(H,11,13)(H,12,14)(H,15,16). The molecule has 7 nitrogen and oxygen atoms in total. The molecule has 0 spiro atoms. The zero-order valence-corrected chi connectivity index (χ0v) is 8.73. The molecule has 1 aromatic rings. The van der Waals surface area contributed by atoms with Gasteiger partial charge in [-0.25, -0.2) is 4.98 Å². The van der Waals surface area contributed by atoms with Crippen LogP contribution in [0.3, 0.4) is 0 Å². The Morgan fingerprint density at radius 1 is 1.31 bits per heavy atom. The van der Waals surface area contributed by atoms with Crippen LogP contribution in [0.5, 0.6) is 0 Å². The van der Waals surface area contributed by atoms with Gasteiger partial charge >= 0.3 is 5.97 Å². The van der Waals surface area contributed by atoms with Crippen LogP contribution < -0.4 is 10.6 Å². The normalized spacial score (nSPS) is 9.56. The minimum absolute atomic E-state index is 0.0349. The molecule has 0 unspecified atom stereocenters. The third-order valence-electron chi connectivity index (χ3n) is 1.73. The number of aryl methyl sites for hydroxylation is 1.